The number of ether oxygens (including phenoxy) is 1. The number of amides is 1. The van der Waals surface area contributed by atoms with E-state index in [1.165, 1.54) is 19.2 Å². The fraction of sp³-hybridized carbons (Fsp3) is 0.409. The lowest BCUT2D eigenvalue weighted by molar-refractivity contribution is 0.0747. The molecule has 156 valence electrons. The van der Waals surface area contributed by atoms with Gasteiger partial charge >= 0.3 is 0 Å². The first-order valence-corrected chi connectivity index (χ1v) is 11.4. The second kappa shape index (κ2) is 8.86. The third-order valence-electron chi connectivity index (χ3n) is 4.96. The van der Waals surface area contributed by atoms with Crippen LogP contribution >= 0.6 is 0 Å². The van der Waals surface area contributed by atoms with Gasteiger partial charge in [-0.15, -0.1) is 0 Å². The first-order valence-electron chi connectivity index (χ1n) is 9.91. The van der Waals surface area contributed by atoms with Gasteiger partial charge in [0.1, 0.15) is 10.6 Å². The van der Waals surface area contributed by atoms with Gasteiger partial charge in [0.2, 0.25) is 0 Å². The number of benzene rings is 2. The zero-order valence-corrected chi connectivity index (χ0v) is 18.0. The molecule has 1 aliphatic carbocycles. The zero-order valence-electron chi connectivity index (χ0n) is 17.1. The average molecular weight is 417 g/mol. The number of carbonyl (C=O) groups is 1. The van der Waals surface area contributed by atoms with Gasteiger partial charge in [-0.05, 0) is 62.4 Å². The van der Waals surface area contributed by atoms with E-state index in [1.807, 2.05) is 30.9 Å². The normalized spacial score (nSPS) is 13.8. The summed E-state index contributed by atoms with van der Waals surface area (Å²) >= 11 is 0. The quantitative estimate of drug-likeness (QED) is 0.669. The smallest absolute Gasteiger partial charge is 0.265 e. The highest BCUT2D eigenvalue weighted by molar-refractivity contribution is 7.92. The molecule has 1 N–H and O–H groups in total. The standard InChI is InChI=1S/C22H28N2O4S/c1-4-13-24(15-17-7-8-17)22(25)18-9-12-20(28-3)21(14-18)29(26,27)23-19-10-5-16(2)6-11-19/h5-6,9-12,14,17,23H,4,7-8,13,15H2,1-3H3. The van der Waals surface area contributed by atoms with Crippen LogP contribution in [-0.2, 0) is 10.0 Å². The molecule has 0 radical (unpaired) electrons. The Morgan fingerprint density at radius 1 is 1.17 bits per heavy atom. The largest absolute Gasteiger partial charge is 0.495 e. The van der Waals surface area contributed by atoms with Crippen LogP contribution in [0, 0.1) is 12.8 Å². The number of nitrogens with one attached hydrogen (secondary N) is 1. The van der Waals surface area contributed by atoms with E-state index in [9.17, 15) is 13.2 Å². The van der Waals surface area contributed by atoms with Gasteiger partial charge in [0.25, 0.3) is 15.9 Å². The molecule has 0 aliphatic heterocycles. The van der Waals surface area contributed by atoms with Crippen LogP contribution < -0.4 is 9.46 Å². The molecule has 6 nitrogen and oxygen atoms in total. The van der Waals surface area contributed by atoms with Crippen molar-refractivity contribution in [3.05, 3.63) is 53.6 Å². The lowest BCUT2D eigenvalue weighted by Gasteiger charge is -2.22. The summed E-state index contributed by atoms with van der Waals surface area (Å²) in [6, 6.07) is 11.6. The predicted octanol–water partition coefficient (Wildman–Crippen LogP) is 4.07. The van der Waals surface area contributed by atoms with E-state index >= 15 is 0 Å². The molecule has 0 unspecified atom stereocenters. The topological polar surface area (TPSA) is 75.7 Å². The maximum absolute atomic E-state index is 13.0. The molecule has 0 heterocycles. The Balaban J connectivity index is 1.91. The lowest BCUT2D eigenvalue weighted by atomic mass is 10.1. The summed E-state index contributed by atoms with van der Waals surface area (Å²) in [6.07, 6.45) is 3.15. The van der Waals surface area contributed by atoms with Gasteiger partial charge in [-0.1, -0.05) is 24.6 Å². The number of carbonyl (C=O) groups excluding carboxylic acids is 1. The third-order valence-corrected chi connectivity index (χ3v) is 6.36. The van der Waals surface area contributed by atoms with Crippen LogP contribution in [0.4, 0.5) is 5.69 Å². The van der Waals surface area contributed by atoms with E-state index in [2.05, 4.69) is 4.72 Å². The van der Waals surface area contributed by atoms with Gasteiger partial charge in [-0.2, -0.15) is 0 Å². The summed E-state index contributed by atoms with van der Waals surface area (Å²) in [6.45, 7) is 5.34. The van der Waals surface area contributed by atoms with Gasteiger partial charge in [-0.25, -0.2) is 8.42 Å². The SMILES string of the molecule is CCCN(CC1CC1)C(=O)c1ccc(OC)c(S(=O)(=O)Nc2ccc(C)cc2)c1. The molecular weight excluding hydrogens is 388 g/mol. The van der Waals surface area contributed by atoms with Gasteiger partial charge in [-0.3, -0.25) is 9.52 Å². The molecule has 1 amide bonds. The predicted molar refractivity (Wildman–Crippen MR) is 114 cm³/mol. The van der Waals surface area contributed by atoms with Crippen molar-refractivity contribution >= 4 is 21.6 Å². The first-order chi connectivity index (χ1) is 13.8. The maximum atomic E-state index is 13.0. The van der Waals surface area contributed by atoms with Crippen LogP contribution in [-0.4, -0.2) is 39.4 Å². The number of nitrogens with zero attached hydrogens (tertiary/aromatic N) is 1. The van der Waals surface area contributed by atoms with E-state index in [1.54, 1.807) is 18.2 Å². The highest BCUT2D eigenvalue weighted by Gasteiger charge is 2.28. The van der Waals surface area contributed by atoms with Gasteiger partial charge in [0.05, 0.1) is 7.11 Å². The molecule has 0 spiro atoms. The first kappa shape index (κ1) is 21.2. The number of hydrogen-bond acceptors (Lipinski definition) is 4. The summed E-state index contributed by atoms with van der Waals surface area (Å²) in [7, 11) is -2.50. The van der Waals surface area contributed by atoms with E-state index in [0.717, 1.165) is 31.4 Å². The monoisotopic (exact) mass is 416 g/mol. The summed E-state index contributed by atoms with van der Waals surface area (Å²) in [5.74, 6) is 0.619. The van der Waals surface area contributed by atoms with Crippen molar-refractivity contribution in [3.63, 3.8) is 0 Å². The summed E-state index contributed by atoms with van der Waals surface area (Å²) in [4.78, 5) is 14.8. The van der Waals surface area contributed by atoms with Crippen molar-refractivity contribution in [1.29, 1.82) is 0 Å². The van der Waals surface area contributed by atoms with Crippen molar-refractivity contribution in [2.75, 3.05) is 24.9 Å². The van der Waals surface area contributed by atoms with Crippen molar-refractivity contribution < 1.29 is 17.9 Å². The van der Waals surface area contributed by atoms with Crippen LogP contribution in [0.15, 0.2) is 47.4 Å². The molecule has 29 heavy (non-hydrogen) atoms. The number of rotatable bonds is 9. The number of sulfonamides is 1. The molecular formula is C22H28N2O4S. The third kappa shape index (κ3) is 5.29. The van der Waals surface area contributed by atoms with E-state index in [0.29, 0.717) is 23.7 Å². The molecule has 0 atom stereocenters. The number of aryl methyl sites for hydroxylation is 1. The van der Waals surface area contributed by atoms with Crippen molar-refractivity contribution in [3.8, 4) is 5.75 Å². The van der Waals surface area contributed by atoms with Crippen LogP contribution in [0.5, 0.6) is 5.75 Å². The summed E-state index contributed by atoms with van der Waals surface area (Å²) in [5.41, 5.74) is 1.84. The highest BCUT2D eigenvalue weighted by Crippen LogP contribution is 2.31. The van der Waals surface area contributed by atoms with Crippen molar-refractivity contribution in [2.45, 2.75) is 38.0 Å². The Morgan fingerprint density at radius 3 is 2.45 bits per heavy atom. The molecule has 0 bridgehead atoms. The van der Waals surface area contributed by atoms with Crippen LogP contribution in [0.25, 0.3) is 0 Å². The molecule has 3 rings (SSSR count). The highest BCUT2D eigenvalue weighted by atomic mass is 32.2. The van der Waals surface area contributed by atoms with Gasteiger partial charge in [0.15, 0.2) is 0 Å². The minimum Gasteiger partial charge on any atom is -0.495 e. The van der Waals surface area contributed by atoms with E-state index in [-0.39, 0.29) is 16.6 Å². The Labute approximate surface area is 172 Å². The zero-order chi connectivity index (χ0) is 21.0. The Bertz CT molecular complexity index is 967. The van der Waals surface area contributed by atoms with Crippen LogP contribution in [0.3, 0.4) is 0 Å². The Kier molecular flexibility index (Phi) is 6.47. The number of methoxy groups -OCH3 is 1. The number of anilines is 1. The second-order valence-electron chi connectivity index (χ2n) is 7.53. The Morgan fingerprint density at radius 2 is 1.86 bits per heavy atom. The minimum absolute atomic E-state index is 0.0469. The molecule has 2 aromatic rings. The Hall–Kier alpha value is -2.54. The molecule has 7 heteroatoms. The molecule has 1 fully saturated rings. The van der Waals surface area contributed by atoms with Gasteiger partial charge in [0, 0.05) is 24.3 Å². The van der Waals surface area contributed by atoms with Gasteiger partial charge < -0.3 is 9.64 Å². The molecule has 1 aliphatic rings. The second-order valence-corrected chi connectivity index (χ2v) is 9.18. The molecule has 2 aromatic carbocycles. The molecule has 1 saturated carbocycles. The fourth-order valence-electron chi connectivity index (χ4n) is 3.19. The summed E-state index contributed by atoms with van der Waals surface area (Å²) in [5, 5.41) is 0. The van der Waals surface area contributed by atoms with Crippen LogP contribution in [0.1, 0.15) is 42.1 Å². The van der Waals surface area contributed by atoms with Crippen molar-refractivity contribution in [1.82, 2.24) is 4.90 Å². The fourth-order valence-corrected chi connectivity index (χ4v) is 4.45. The minimum atomic E-state index is -3.92. The number of hydrogen-bond donors (Lipinski definition) is 1. The maximum Gasteiger partial charge on any atom is 0.265 e. The van der Waals surface area contributed by atoms with E-state index < -0.39 is 10.0 Å². The summed E-state index contributed by atoms with van der Waals surface area (Å²) < 4.78 is 33.8. The average Bonchev–Trinajstić information content (AvgIpc) is 3.52. The molecule has 0 aromatic heterocycles. The van der Waals surface area contributed by atoms with Crippen LogP contribution in [0.2, 0.25) is 0 Å². The molecule has 0 saturated heterocycles. The van der Waals surface area contributed by atoms with E-state index in [4.69, 9.17) is 4.74 Å². The van der Waals surface area contributed by atoms with Crippen molar-refractivity contribution in [2.24, 2.45) is 5.92 Å². The lowest BCUT2D eigenvalue weighted by Crippen LogP contribution is -2.33.